The van der Waals surface area contributed by atoms with Crippen molar-refractivity contribution in [3.8, 4) is 11.5 Å². The van der Waals surface area contributed by atoms with Gasteiger partial charge in [-0.1, -0.05) is 0 Å². The number of rotatable bonds is 5. The van der Waals surface area contributed by atoms with E-state index in [1.807, 2.05) is 0 Å². The highest BCUT2D eigenvalue weighted by atomic mass is 19.4. The van der Waals surface area contributed by atoms with E-state index in [0.717, 1.165) is 6.07 Å². The standard InChI is InChI=1S/C11H9F7N2O2/c1-22-8-3-2-6(4-7(8)21)5-19-20-11(17,18)9(12,13)10(14,15)16/h2-5,20-21H,1H3/b19-5-. The Morgan fingerprint density at radius 2 is 1.73 bits per heavy atom. The summed E-state index contributed by atoms with van der Waals surface area (Å²) in [6, 6.07) is -2.26. The number of nitrogens with one attached hydrogen (secondary N) is 1. The number of methoxy groups -OCH3 is 1. The van der Waals surface area contributed by atoms with Gasteiger partial charge in [0.25, 0.3) is 0 Å². The van der Waals surface area contributed by atoms with Crippen LogP contribution in [0.1, 0.15) is 5.56 Å². The van der Waals surface area contributed by atoms with Crippen LogP contribution in [-0.4, -0.2) is 36.6 Å². The average molecular weight is 334 g/mol. The van der Waals surface area contributed by atoms with Gasteiger partial charge in [0.05, 0.1) is 13.3 Å². The first-order chi connectivity index (χ1) is 9.92. The second-order valence-corrected chi connectivity index (χ2v) is 3.95. The minimum Gasteiger partial charge on any atom is -0.504 e. The Kier molecular flexibility index (Phi) is 4.78. The van der Waals surface area contributed by atoms with Gasteiger partial charge in [0.2, 0.25) is 0 Å². The molecule has 1 rings (SSSR count). The monoisotopic (exact) mass is 334 g/mol. The lowest BCUT2D eigenvalue weighted by Crippen LogP contribution is -2.58. The third-order valence-corrected chi connectivity index (χ3v) is 2.37. The van der Waals surface area contributed by atoms with Gasteiger partial charge in [-0.25, -0.2) is 5.43 Å². The molecule has 0 unspecified atom stereocenters. The minimum absolute atomic E-state index is 0.0408. The molecular weight excluding hydrogens is 325 g/mol. The fourth-order valence-electron chi connectivity index (χ4n) is 1.22. The highest BCUT2D eigenvalue weighted by Gasteiger charge is 2.73. The molecule has 124 valence electrons. The molecule has 11 heteroatoms. The lowest BCUT2D eigenvalue weighted by molar-refractivity contribution is -0.361. The fraction of sp³-hybridized carbons (Fsp3) is 0.364. The van der Waals surface area contributed by atoms with Crippen molar-refractivity contribution in [2.75, 3.05) is 7.11 Å². The van der Waals surface area contributed by atoms with E-state index in [9.17, 15) is 35.8 Å². The number of alkyl halides is 7. The predicted octanol–water partition coefficient (Wildman–Crippen LogP) is 3.11. The zero-order valence-electron chi connectivity index (χ0n) is 10.8. The van der Waals surface area contributed by atoms with Gasteiger partial charge in [0.15, 0.2) is 11.5 Å². The minimum atomic E-state index is -6.45. The Morgan fingerprint density at radius 1 is 1.14 bits per heavy atom. The number of hydrogen-bond acceptors (Lipinski definition) is 4. The van der Waals surface area contributed by atoms with Crippen LogP contribution in [0.15, 0.2) is 23.3 Å². The van der Waals surface area contributed by atoms with Crippen LogP contribution in [0.2, 0.25) is 0 Å². The molecule has 0 aliphatic carbocycles. The maximum atomic E-state index is 12.8. The fourth-order valence-corrected chi connectivity index (χ4v) is 1.22. The Balaban J connectivity index is 2.86. The molecule has 0 fully saturated rings. The smallest absolute Gasteiger partial charge is 0.462 e. The molecule has 0 saturated carbocycles. The predicted molar refractivity (Wildman–Crippen MR) is 61.3 cm³/mol. The molecule has 0 aromatic heterocycles. The second kappa shape index (κ2) is 5.89. The number of halogens is 7. The highest BCUT2D eigenvalue weighted by Crippen LogP contribution is 2.44. The summed E-state index contributed by atoms with van der Waals surface area (Å²) in [5.74, 6) is -6.67. The number of hydrazone groups is 1. The van der Waals surface area contributed by atoms with Gasteiger partial charge in [0.1, 0.15) is 0 Å². The summed E-state index contributed by atoms with van der Waals surface area (Å²) in [6.07, 6.45) is -5.92. The molecule has 0 amide bonds. The molecule has 22 heavy (non-hydrogen) atoms. The summed E-state index contributed by atoms with van der Waals surface area (Å²) in [5.41, 5.74) is 0.411. The van der Waals surface area contributed by atoms with E-state index in [2.05, 4.69) is 9.84 Å². The van der Waals surface area contributed by atoms with Gasteiger partial charge in [0, 0.05) is 0 Å². The molecule has 0 bridgehead atoms. The molecule has 2 N–H and O–H groups in total. The number of phenolic OH excluding ortho intramolecular Hbond substituents is 1. The molecule has 0 spiro atoms. The Hall–Kier alpha value is -2.20. The van der Waals surface area contributed by atoms with Gasteiger partial charge in [-0.3, -0.25) is 0 Å². The third kappa shape index (κ3) is 3.52. The van der Waals surface area contributed by atoms with Crippen molar-refractivity contribution in [2.45, 2.75) is 18.1 Å². The van der Waals surface area contributed by atoms with E-state index in [0.29, 0.717) is 11.6 Å². The maximum absolute atomic E-state index is 12.8. The number of aromatic hydroxyl groups is 1. The van der Waals surface area contributed by atoms with Crippen LogP contribution in [0.5, 0.6) is 11.5 Å². The highest BCUT2D eigenvalue weighted by molar-refractivity contribution is 5.80. The molecule has 0 aliphatic rings. The van der Waals surface area contributed by atoms with E-state index in [1.54, 1.807) is 0 Å². The Bertz CT molecular complexity index is 558. The molecule has 4 nitrogen and oxygen atoms in total. The van der Waals surface area contributed by atoms with E-state index in [4.69, 9.17) is 0 Å². The van der Waals surface area contributed by atoms with Gasteiger partial charge >= 0.3 is 18.1 Å². The van der Waals surface area contributed by atoms with E-state index in [1.165, 1.54) is 19.2 Å². The summed E-state index contributed by atoms with van der Waals surface area (Å²) < 4.78 is 91.0. The maximum Gasteiger partial charge on any atom is 0.462 e. The molecule has 1 aromatic carbocycles. The third-order valence-electron chi connectivity index (χ3n) is 2.37. The van der Waals surface area contributed by atoms with Crippen molar-refractivity contribution in [3.63, 3.8) is 0 Å². The van der Waals surface area contributed by atoms with Crippen molar-refractivity contribution >= 4 is 6.21 Å². The van der Waals surface area contributed by atoms with Crippen molar-refractivity contribution in [2.24, 2.45) is 5.10 Å². The molecule has 0 atom stereocenters. The van der Waals surface area contributed by atoms with Crippen LogP contribution in [-0.2, 0) is 0 Å². The molecule has 0 aliphatic heterocycles. The van der Waals surface area contributed by atoms with Gasteiger partial charge in [-0.15, -0.1) is 0 Å². The zero-order chi connectivity index (χ0) is 17.2. The van der Waals surface area contributed by atoms with Crippen LogP contribution in [0.4, 0.5) is 30.7 Å². The number of ether oxygens (including phenoxy) is 1. The largest absolute Gasteiger partial charge is 0.504 e. The van der Waals surface area contributed by atoms with E-state index < -0.39 is 23.9 Å². The van der Waals surface area contributed by atoms with Crippen molar-refractivity contribution in [3.05, 3.63) is 23.8 Å². The summed E-state index contributed by atoms with van der Waals surface area (Å²) in [7, 11) is 1.24. The zero-order valence-corrected chi connectivity index (χ0v) is 10.8. The van der Waals surface area contributed by atoms with Crippen molar-refractivity contribution < 1.29 is 40.6 Å². The summed E-state index contributed by atoms with van der Waals surface area (Å²) in [4.78, 5) is 0. The van der Waals surface area contributed by atoms with Gasteiger partial charge < -0.3 is 9.84 Å². The Labute approximate surface area is 119 Å². The quantitative estimate of drug-likeness (QED) is 0.377. The molecule has 1 aromatic rings. The van der Waals surface area contributed by atoms with Gasteiger partial charge in [-0.2, -0.15) is 35.8 Å². The van der Waals surface area contributed by atoms with Crippen LogP contribution < -0.4 is 10.2 Å². The summed E-state index contributed by atoms with van der Waals surface area (Å²) >= 11 is 0. The van der Waals surface area contributed by atoms with E-state index >= 15 is 0 Å². The first kappa shape index (κ1) is 17.9. The molecule has 0 radical (unpaired) electrons. The van der Waals surface area contributed by atoms with Crippen molar-refractivity contribution in [1.29, 1.82) is 0 Å². The van der Waals surface area contributed by atoms with Crippen LogP contribution in [0.25, 0.3) is 0 Å². The van der Waals surface area contributed by atoms with Crippen LogP contribution in [0.3, 0.4) is 0 Å². The van der Waals surface area contributed by atoms with Crippen LogP contribution in [0, 0.1) is 0 Å². The summed E-state index contributed by atoms with van der Waals surface area (Å²) in [6.45, 7) is 0. The lowest BCUT2D eigenvalue weighted by Gasteiger charge is -2.27. The normalized spacial score (nSPS) is 13.5. The molecule has 0 heterocycles. The molecular formula is C11H9F7N2O2. The number of nitrogens with zero attached hydrogens (tertiary/aromatic N) is 1. The second-order valence-electron chi connectivity index (χ2n) is 3.95. The average Bonchev–Trinajstić information content (AvgIpc) is 2.37. The first-order valence-corrected chi connectivity index (χ1v) is 5.42. The van der Waals surface area contributed by atoms with Crippen LogP contribution >= 0.6 is 0 Å². The number of hydrogen-bond donors (Lipinski definition) is 2. The first-order valence-electron chi connectivity index (χ1n) is 5.42. The number of benzene rings is 1. The number of phenols is 1. The SMILES string of the molecule is COc1ccc(/C=N\NC(F)(F)C(F)(F)C(F)(F)F)cc1O. The van der Waals surface area contributed by atoms with Crippen molar-refractivity contribution in [1.82, 2.24) is 5.43 Å². The topological polar surface area (TPSA) is 53.8 Å². The summed E-state index contributed by atoms with van der Waals surface area (Å²) in [5, 5.41) is 12.0. The molecule has 0 saturated heterocycles. The lowest BCUT2D eigenvalue weighted by atomic mass is 10.2. The Morgan fingerprint density at radius 3 is 2.18 bits per heavy atom. The van der Waals surface area contributed by atoms with E-state index in [-0.39, 0.29) is 11.3 Å². The van der Waals surface area contributed by atoms with Gasteiger partial charge in [-0.05, 0) is 23.8 Å².